The molecular formula is C17H13N3O2S. The third-order valence-corrected chi connectivity index (χ3v) is 5.02. The van der Waals surface area contributed by atoms with Crippen molar-refractivity contribution in [3.8, 4) is 10.6 Å². The summed E-state index contributed by atoms with van der Waals surface area (Å²) in [6.45, 7) is 2.02. The van der Waals surface area contributed by atoms with E-state index >= 15 is 0 Å². The quantitative estimate of drug-likeness (QED) is 0.778. The van der Waals surface area contributed by atoms with E-state index in [1.807, 2.05) is 25.1 Å². The van der Waals surface area contributed by atoms with E-state index in [0.29, 0.717) is 18.5 Å². The lowest BCUT2D eigenvalue weighted by Crippen LogP contribution is -2.02. The summed E-state index contributed by atoms with van der Waals surface area (Å²) < 4.78 is 1.08. The Balaban J connectivity index is 1.94. The van der Waals surface area contributed by atoms with E-state index < -0.39 is 0 Å². The number of fused-ring (bicyclic) bond motifs is 1. The summed E-state index contributed by atoms with van der Waals surface area (Å²) in [5.74, 6) is -0.00409. The second kappa shape index (κ2) is 5.24. The molecule has 1 aliphatic rings. The average Bonchev–Trinajstić information content (AvgIpc) is 3.12. The molecule has 0 radical (unpaired) electrons. The molecule has 5 nitrogen and oxygen atoms in total. The molecule has 0 atom stereocenters. The first-order chi connectivity index (χ1) is 11.1. The van der Waals surface area contributed by atoms with Gasteiger partial charge in [0.25, 0.3) is 0 Å². The smallest absolute Gasteiger partial charge is 0.168 e. The van der Waals surface area contributed by atoms with E-state index in [2.05, 4.69) is 10.2 Å². The monoisotopic (exact) mass is 323 g/mol. The van der Waals surface area contributed by atoms with Crippen LogP contribution in [0.2, 0.25) is 0 Å². The maximum atomic E-state index is 12.1. The van der Waals surface area contributed by atoms with Crippen LogP contribution in [0.5, 0.6) is 0 Å². The minimum Gasteiger partial charge on any atom is -0.511 e. The van der Waals surface area contributed by atoms with Gasteiger partial charge in [-0.15, -0.1) is 16.4 Å². The highest BCUT2D eigenvalue weighted by atomic mass is 32.1. The molecule has 1 aromatic carbocycles. The molecule has 0 saturated carbocycles. The number of carbonyl (C=O) groups excluding carboxylic acids is 1. The summed E-state index contributed by atoms with van der Waals surface area (Å²) in [6, 6.07) is 7.84. The maximum absolute atomic E-state index is 12.1. The predicted molar refractivity (Wildman–Crippen MR) is 89.2 cm³/mol. The molecule has 23 heavy (non-hydrogen) atoms. The van der Waals surface area contributed by atoms with Crippen LogP contribution in [0.4, 0.5) is 0 Å². The van der Waals surface area contributed by atoms with E-state index in [0.717, 1.165) is 26.4 Å². The van der Waals surface area contributed by atoms with Crippen molar-refractivity contribution in [1.82, 2.24) is 15.2 Å². The molecule has 1 N–H and O–H groups in total. The van der Waals surface area contributed by atoms with E-state index in [4.69, 9.17) is 4.98 Å². The zero-order chi connectivity index (χ0) is 16.0. The molecule has 0 saturated heterocycles. The molecule has 0 amide bonds. The van der Waals surface area contributed by atoms with Gasteiger partial charge in [-0.05, 0) is 24.6 Å². The number of ketones is 1. The Kier molecular flexibility index (Phi) is 3.20. The van der Waals surface area contributed by atoms with Crippen LogP contribution in [-0.2, 0) is 4.79 Å². The van der Waals surface area contributed by atoms with Crippen LogP contribution in [0, 0.1) is 6.92 Å². The summed E-state index contributed by atoms with van der Waals surface area (Å²) >= 11 is 1.55. The number of allylic oxidation sites excluding steroid dienone is 2. The lowest BCUT2D eigenvalue weighted by molar-refractivity contribution is -0.113. The third kappa shape index (κ3) is 2.22. The third-order valence-electron chi connectivity index (χ3n) is 3.96. The highest BCUT2D eigenvalue weighted by molar-refractivity contribution is 7.21. The predicted octanol–water partition coefficient (Wildman–Crippen LogP) is 3.69. The number of carbonyl (C=O) groups is 1. The fraction of sp³-hybridized carbons (Fsp3) is 0.176. The SMILES string of the molecule is Cc1cccc2sc(-c3ccnnc3C3=C(O)CCC3=O)nc12. The van der Waals surface area contributed by atoms with Crippen molar-refractivity contribution < 1.29 is 9.90 Å². The van der Waals surface area contributed by atoms with Crippen LogP contribution in [0.25, 0.3) is 26.4 Å². The van der Waals surface area contributed by atoms with Crippen LogP contribution in [0.3, 0.4) is 0 Å². The van der Waals surface area contributed by atoms with Gasteiger partial charge in [0.2, 0.25) is 0 Å². The summed E-state index contributed by atoms with van der Waals surface area (Å²) in [5, 5.41) is 18.8. The number of benzene rings is 1. The van der Waals surface area contributed by atoms with E-state index in [9.17, 15) is 9.90 Å². The number of aryl methyl sites for hydroxylation is 1. The van der Waals surface area contributed by atoms with Crippen molar-refractivity contribution in [2.75, 3.05) is 0 Å². The molecule has 0 unspecified atom stereocenters. The van der Waals surface area contributed by atoms with Gasteiger partial charge in [-0.2, -0.15) is 5.10 Å². The van der Waals surface area contributed by atoms with Gasteiger partial charge < -0.3 is 5.11 Å². The van der Waals surface area contributed by atoms with Crippen molar-refractivity contribution in [2.45, 2.75) is 19.8 Å². The minimum atomic E-state index is -0.0958. The van der Waals surface area contributed by atoms with Crippen molar-refractivity contribution in [2.24, 2.45) is 0 Å². The molecule has 1 aliphatic carbocycles. The van der Waals surface area contributed by atoms with Gasteiger partial charge >= 0.3 is 0 Å². The Morgan fingerprint density at radius 1 is 1.22 bits per heavy atom. The van der Waals surface area contributed by atoms with Crippen LogP contribution in [0.15, 0.2) is 36.2 Å². The van der Waals surface area contributed by atoms with Gasteiger partial charge in [-0.25, -0.2) is 4.98 Å². The van der Waals surface area contributed by atoms with Gasteiger partial charge in [0, 0.05) is 18.4 Å². The summed E-state index contributed by atoms with van der Waals surface area (Å²) in [4.78, 5) is 16.8. The number of rotatable bonds is 2. The normalized spacial score (nSPS) is 14.9. The van der Waals surface area contributed by atoms with Crippen molar-refractivity contribution in [1.29, 1.82) is 0 Å². The number of hydrogen-bond donors (Lipinski definition) is 1. The van der Waals surface area contributed by atoms with Crippen LogP contribution >= 0.6 is 11.3 Å². The van der Waals surface area contributed by atoms with E-state index in [-0.39, 0.29) is 17.1 Å². The molecule has 114 valence electrons. The fourth-order valence-corrected chi connectivity index (χ4v) is 3.87. The largest absolute Gasteiger partial charge is 0.511 e. The van der Waals surface area contributed by atoms with Crippen LogP contribution in [0.1, 0.15) is 24.1 Å². The summed E-state index contributed by atoms with van der Waals surface area (Å²) in [6.07, 6.45) is 2.26. The molecule has 4 rings (SSSR count). The molecule has 2 aromatic heterocycles. The number of aliphatic hydroxyl groups is 1. The molecule has 0 aliphatic heterocycles. The van der Waals surface area contributed by atoms with Crippen molar-refractivity contribution in [3.05, 3.63) is 47.5 Å². The molecule has 0 spiro atoms. The number of aliphatic hydroxyl groups excluding tert-OH is 1. The highest BCUT2D eigenvalue weighted by Crippen LogP contribution is 2.37. The Labute approximate surface area is 136 Å². The van der Waals surface area contributed by atoms with E-state index in [1.54, 1.807) is 23.6 Å². The zero-order valence-electron chi connectivity index (χ0n) is 12.4. The summed E-state index contributed by atoms with van der Waals surface area (Å²) in [7, 11) is 0. The second-order valence-corrected chi connectivity index (χ2v) is 6.51. The van der Waals surface area contributed by atoms with Gasteiger partial charge in [0.1, 0.15) is 16.5 Å². The van der Waals surface area contributed by atoms with Gasteiger partial charge in [0.15, 0.2) is 5.78 Å². The summed E-state index contributed by atoms with van der Waals surface area (Å²) in [5.41, 5.74) is 3.49. The Morgan fingerprint density at radius 3 is 2.83 bits per heavy atom. The van der Waals surface area contributed by atoms with Gasteiger partial charge in [-0.1, -0.05) is 12.1 Å². The van der Waals surface area contributed by atoms with Crippen LogP contribution in [-0.4, -0.2) is 26.1 Å². The molecular weight excluding hydrogens is 310 g/mol. The minimum absolute atomic E-state index is 0.0917. The topological polar surface area (TPSA) is 76.0 Å². The molecule has 6 heteroatoms. The Bertz CT molecular complexity index is 975. The second-order valence-electron chi connectivity index (χ2n) is 5.48. The molecule has 0 bridgehead atoms. The lowest BCUT2D eigenvalue weighted by Gasteiger charge is -2.05. The maximum Gasteiger partial charge on any atom is 0.168 e. The number of nitrogens with zero attached hydrogens (tertiary/aromatic N) is 3. The first-order valence-electron chi connectivity index (χ1n) is 7.29. The van der Waals surface area contributed by atoms with Crippen molar-refractivity contribution >= 4 is 32.9 Å². The number of hydrogen-bond acceptors (Lipinski definition) is 6. The molecule has 0 fully saturated rings. The fourth-order valence-electron chi connectivity index (χ4n) is 2.80. The number of thiazole rings is 1. The van der Waals surface area contributed by atoms with E-state index in [1.165, 1.54) is 0 Å². The molecule has 3 aromatic rings. The van der Waals surface area contributed by atoms with Crippen molar-refractivity contribution in [3.63, 3.8) is 0 Å². The lowest BCUT2D eigenvalue weighted by atomic mass is 10.1. The number of aromatic nitrogens is 3. The average molecular weight is 323 g/mol. The van der Waals surface area contributed by atoms with Crippen LogP contribution < -0.4 is 0 Å². The Hall–Kier alpha value is -2.60. The number of para-hydroxylation sites is 1. The molecule has 2 heterocycles. The van der Waals surface area contributed by atoms with Gasteiger partial charge in [0.05, 0.1) is 22.0 Å². The Morgan fingerprint density at radius 2 is 2.09 bits per heavy atom. The first kappa shape index (κ1) is 14.0. The standard InChI is InChI=1S/C17H13N3O2S/c1-9-3-2-4-13-15(9)19-17(23-13)10-7-8-18-20-16(10)14-11(21)5-6-12(14)22/h2-4,7-8,21H,5-6H2,1H3. The number of Topliss-reactive ketones (excluding diaryl/α,β-unsaturated/α-hetero) is 1. The highest BCUT2D eigenvalue weighted by Gasteiger charge is 2.28. The zero-order valence-corrected chi connectivity index (χ0v) is 13.2. The van der Waals surface area contributed by atoms with Gasteiger partial charge in [-0.3, -0.25) is 4.79 Å². The first-order valence-corrected chi connectivity index (χ1v) is 8.10.